The van der Waals surface area contributed by atoms with E-state index < -0.39 is 0 Å². The average Bonchev–Trinajstić information content (AvgIpc) is 0.739. The summed E-state index contributed by atoms with van der Waals surface area (Å²) in [6.07, 6.45) is 0. The van der Waals surface area contributed by atoms with E-state index in [2.05, 4.69) is 403 Å². The SMILES string of the molecule is CC(C)(C)c1ccc(N2c3cc(-c4ccc5c(-c6ccccc6)c6ccccc6c(-c6ccccc6)c5c4)ccc3B3c4ccc(-n5c6ccc(C(C)(C)C)cc6c6cc(C(C)(C)C)ccc65)cc4N(c4ccc(C(C)(C)C)cc4-c4ccccc4)c4cc(C(C)(C)C)cc2c43)c(-c2ccccc2)c1. The molecule has 0 radical (unpaired) electrons. The molecule has 14 aromatic carbocycles. The second-order valence-corrected chi connectivity index (χ2v) is 34.6. The second kappa shape index (κ2) is 24.4. The number of hydrogen-bond donors (Lipinski definition) is 0. The number of anilines is 6. The predicted octanol–water partition coefficient (Wildman–Crippen LogP) is 26.0. The fourth-order valence-corrected chi connectivity index (χ4v) is 16.8. The molecule has 0 spiro atoms. The first-order valence-electron chi connectivity index (χ1n) is 37.4. The van der Waals surface area contributed by atoms with Gasteiger partial charge in [-0.25, -0.2) is 0 Å². The van der Waals surface area contributed by atoms with Gasteiger partial charge in [0.15, 0.2) is 0 Å². The maximum Gasteiger partial charge on any atom is 0.252 e. The van der Waals surface area contributed by atoms with E-state index in [1.807, 2.05) is 0 Å². The van der Waals surface area contributed by atoms with Gasteiger partial charge in [0.1, 0.15) is 0 Å². The van der Waals surface area contributed by atoms with Crippen LogP contribution < -0.4 is 26.2 Å². The van der Waals surface area contributed by atoms with Crippen LogP contribution in [0.3, 0.4) is 0 Å². The van der Waals surface area contributed by atoms with Crippen molar-refractivity contribution < 1.29 is 0 Å². The lowest BCUT2D eigenvalue weighted by Gasteiger charge is -2.46. The molecule has 0 saturated carbocycles. The fraction of sp³-hybridized carbons (Fsp3) is 0.200. The molecule has 0 aliphatic carbocycles. The zero-order valence-electron chi connectivity index (χ0n) is 63.1. The van der Waals surface area contributed by atoms with Crippen molar-refractivity contribution in [1.29, 1.82) is 0 Å². The van der Waals surface area contributed by atoms with Gasteiger partial charge in [-0.05, 0) is 222 Å². The van der Waals surface area contributed by atoms with Crippen molar-refractivity contribution in [3.63, 3.8) is 0 Å². The number of rotatable bonds is 8. The third-order valence-corrected chi connectivity index (χ3v) is 22.5. The van der Waals surface area contributed by atoms with Crippen LogP contribution >= 0.6 is 0 Å². The maximum atomic E-state index is 2.69. The van der Waals surface area contributed by atoms with E-state index in [0.717, 1.165) is 33.9 Å². The Kier molecular flexibility index (Phi) is 15.5. The van der Waals surface area contributed by atoms with E-state index in [1.165, 1.54) is 149 Å². The summed E-state index contributed by atoms with van der Waals surface area (Å²) >= 11 is 0. The molecule has 104 heavy (non-hydrogen) atoms. The molecule has 0 unspecified atom stereocenters. The molecule has 0 N–H and O–H groups in total. The molecule has 0 saturated heterocycles. The largest absolute Gasteiger partial charge is 0.311 e. The number of benzene rings is 14. The van der Waals surface area contributed by atoms with Gasteiger partial charge in [0, 0.05) is 50.3 Å². The van der Waals surface area contributed by atoms with Crippen LogP contribution in [0.15, 0.2) is 285 Å². The van der Waals surface area contributed by atoms with Crippen molar-refractivity contribution in [2.24, 2.45) is 0 Å². The van der Waals surface area contributed by atoms with Crippen molar-refractivity contribution in [2.75, 3.05) is 9.80 Å². The zero-order chi connectivity index (χ0) is 72.1. The Balaban J connectivity index is 0.993. The summed E-state index contributed by atoms with van der Waals surface area (Å²) in [4.78, 5) is 5.37. The molecular formula is C100H92BN3. The number of aromatic nitrogens is 1. The van der Waals surface area contributed by atoms with E-state index in [-0.39, 0.29) is 33.8 Å². The Bertz CT molecular complexity index is 5850. The average molecular weight is 1350 g/mol. The molecule has 17 rings (SSSR count). The van der Waals surface area contributed by atoms with Crippen LogP contribution in [-0.4, -0.2) is 11.3 Å². The van der Waals surface area contributed by atoms with Crippen molar-refractivity contribution in [2.45, 2.75) is 131 Å². The first-order valence-corrected chi connectivity index (χ1v) is 37.4. The Morgan fingerprint density at radius 3 is 1.05 bits per heavy atom. The van der Waals surface area contributed by atoms with Crippen molar-refractivity contribution in [3.8, 4) is 61.3 Å². The van der Waals surface area contributed by atoms with Crippen LogP contribution in [0, 0.1) is 0 Å². The smallest absolute Gasteiger partial charge is 0.252 e. The van der Waals surface area contributed by atoms with Gasteiger partial charge in [-0.15, -0.1) is 0 Å². The van der Waals surface area contributed by atoms with Crippen LogP contribution in [0.25, 0.3) is 105 Å². The van der Waals surface area contributed by atoms with Gasteiger partial charge < -0.3 is 14.4 Å². The summed E-state index contributed by atoms with van der Waals surface area (Å²) in [6, 6.07) is 110. The Labute approximate surface area is 616 Å². The van der Waals surface area contributed by atoms with Crippen molar-refractivity contribution in [3.05, 3.63) is 313 Å². The minimum absolute atomic E-state index is 0.0390. The Morgan fingerprint density at radius 1 is 0.231 bits per heavy atom. The lowest BCUT2D eigenvalue weighted by Crippen LogP contribution is -2.61. The van der Waals surface area contributed by atoms with Gasteiger partial charge in [-0.2, -0.15) is 0 Å². The Hall–Kier alpha value is -10.9. The minimum atomic E-state index is -0.273. The van der Waals surface area contributed by atoms with Crippen LogP contribution in [0.2, 0.25) is 0 Å². The summed E-state index contributed by atoms with van der Waals surface area (Å²) in [5, 5.41) is 7.50. The molecule has 0 fully saturated rings. The lowest BCUT2D eigenvalue weighted by molar-refractivity contribution is 0.590. The van der Waals surface area contributed by atoms with E-state index in [9.17, 15) is 0 Å². The second-order valence-electron chi connectivity index (χ2n) is 34.6. The van der Waals surface area contributed by atoms with E-state index in [0.29, 0.717) is 0 Å². The highest BCUT2D eigenvalue weighted by Crippen LogP contribution is 2.53. The van der Waals surface area contributed by atoms with Crippen molar-refractivity contribution in [1.82, 2.24) is 4.57 Å². The highest BCUT2D eigenvalue weighted by molar-refractivity contribution is 7.00. The standard InChI is InChI=1S/C100H92BN3/c1-96(2,3)69-42-50-85(78(56-69)63-30-20-16-21-31-63)103-89-55-68(67-40-47-77-82(54-67)94(66-36-26-19-27-37-66)76-39-29-28-38-75(76)93(77)65-34-24-18-25-35-65)41-48-83(89)101-84-49-46-74(102-87-52-44-71(98(7,8)9)58-80(87)81-59-72(99(10,11)12)45-53-88(81)102)62-90(84)104(92-61-73(100(13,14)15)60-91(103)95(92)101)86-51-43-70(97(4,5)6)57-79(86)64-32-22-17-23-33-64/h16-62H,1-15H3. The van der Waals surface area contributed by atoms with Crippen LogP contribution in [-0.2, 0) is 27.1 Å². The van der Waals surface area contributed by atoms with Crippen LogP contribution in [0.4, 0.5) is 34.1 Å². The maximum absolute atomic E-state index is 2.69. The summed E-state index contributed by atoms with van der Waals surface area (Å²) < 4.78 is 2.56. The molecule has 3 heterocycles. The third kappa shape index (κ3) is 11.2. The van der Waals surface area contributed by atoms with Gasteiger partial charge in [0.25, 0.3) is 6.71 Å². The number of nitrogens with zero attached hydrogens (tertiary/aromatic N) is 3. The van der Waals surface area contributed by atoms with Gasteiger partial charge in [-0.1, -0.05) is 304 Å². The third-order valence-electron chi connectivity index (χ3n) is 22.5. The summed E-state index contributed by atoms with van der Waals surface area (Å²) in [7, 11) is 0. The molecule has 3 nitrogen and oxygen atoms in total. The zero-order valence-corrected chi connectivity index (χ0v) is 63.1. The van der Waals surface area contributed by atoms with Crippen LogP contribution in [0.1, 0.15) is 132 Å². The normalized spacial score (nSPS) is 13.3. The van der Waals surface area contributed by atoms with E-state index >= 15 is 0 Å². The molecule has 4 heteroatoms. The number of fused-ring (bicyclic) bond motifs is 9. The van der Waals surface area contributed by atoms with Gasteiger partial charge in [0.05, 0.1) is 22.4 Å². The van der Waals surface area contributed by atoms with E-state index in [1.54, 1.807) is 0 Å². The predicted molar refractivity (Wildman–Crippen MR) is 450 cm³/mol. The summed E-state index contributed by atoms with van der Waals surface area (Å²) in [5.74, 6) is 0. The molecule has 0 amide bonds. The van der Waals surface area contributed by atoms with Gasteiger partial charge >= 0.3 is 0 Å². The molecule has 0 bridgehead atoms. The first kappa shape index (κ1) is 66.3. The molecule has 510 valence electrons. The fourth-order valence-electron chi connectivity index (χ4n) is 16.8. The highest BCUT2D eigenvalue weighted by atomic mass is 15.2. The van der Waals surface area contributed by atoms with Gasteiger partial charge in [-0.3, -0.25) is 0 Å². The van der Waals surface area contributed by atoms with Gasteiger partial charge in [0.2, 0.25) is 0 Å². The van der Waals surface area contributed by atoms with E-state index in [4.69, 9.17) is 0 Å². The summed E-state index contributed by atoms with van der Waals surface area (Å²) in [6.45, 7) is 35.1. The highest BCUT2D eigenvalue weighted by Gasteiger charge is 2.46. The van der Waals surface area contributed by atoms with Crippen molar-refractivity contribution >= 4 is 101 Å². The van der Waals surface area contributed by atoms with Crippen LogP contribution in [0.5, 0.6) is 0 Å². The molecule has 2 aliphatic rings. The summed E-state index contributed by atoms with van der Waals surface area (Å²) in [5.41, 5.74) is 32.2. The topological polar surface area (TPSA) is 11.4 Å². The Morgan fingerprint density at radius 2 is 0.596 bits per heavy atom. The minimum Gasteiger partial charge on any atom is -0.311 e. The molecule has 2 aliphatic heterocycles. The molecule has 15 aromatic rings. The molecule has 1 aromatic heterocycles. The molecule has 0 atom stereocenters. The first-order chi connectivity index (χ1) is 49.8. The molecular weight excluding hydrogens is 1250 g/mol. The monoisotopic (exact) mass is 1350 g/mol. The number of hydrogen-bond acceptors (Lipinski definition) is 2. The lowest BCUT2D eigenvalue weighted by atomic mass is 9.33. The quantitative estimate of drug-likeness (QED) is 0.111.